The minimum atomic E-state index is -2.58. The quantitative estimate of drug-likeness (QED) is 0.210. The maximum absolute atomic E-state index is 14.2. The number of rotatable bonds is 11. The van der Waals surface area contributed by atoms with Crippen molar-refractivity contribution in [1.82, 2.24) is 29.2 Å². The van der Waals surface area contributed by atoms with Crippen molar-refractivity contribution in [2.75, 3.05) is 13.7 Å². The second-order valence-electron chi connectivity index (χ2n) is 16.0. The summed E-state index contributed by atoms with van der Waals surface area (Å²) in [6.07, 6.45) is 1.93. The van der Waals surface area contributed by atoms with Crippen molar-refractivity contribution in [1.29, 1.82) is 0 Å². The summed E-state index contributed by atoms with van der Waals surface area (Å²) >= 11 is 0. The van der Waals surface area contributed by atoms with E-state index in [1.54, 1.807) is 24.1 Å². The maximum atomic E-state index is 14.2. The van der Waals surface area contributed by atoms with Crippen LogP contribution in [0.3, 0.4) is 0 Å². The number of pyridine rings is 2. The first-order valence-electron chi connectivity index (χ1n) is 18.4. The van der Waals surface area contributed by atoms with Gasteiger partial charge in [0.1, 0.15) is 29.3 Å². The molecule has 11 nitrogen and oxygen atoms in total. The molecule has 0 spiro atoms. The number of imidazole rings is 1. The van der Waals surface area contributed by atoms with Crippen molar-refractivity contribution in [3.8, 4) is 17.3 Å². The molecule has 0 aromatic carbocycles. The Morgan fingerprint density at radius 3 is 2.56 bits per heavy atom. The molecule has 4 aromatic heterocycles. The van der Waals surface area contributed by atoms with Crippen LogP contribution in [0, 0.1) is 18.3 Å². The first-order chi connectivity index (χ1) is 24.9. The molecule has 4 aromatic rings. The molecule has 276 valence electrons. The number of carbonyl (C=O) groups is 2. The smallest absolute Gasteiger partial charge is 0.261 e. The largest absolute Gasteiger partial charge is 0.482 e. The number of amides is 2. The molecule has 5 atom stereocenters. The van der Waals surface area contributed by atoms with Gasteiger partial charge >= 0.3 is 0 Å². The van der Waals surface area contributed by atoms with Crippen LogP contribution in [0.1, 0.15) is 86.1 Å². The maximum Gasteiger partial charge on any atom is 0.261 e. The zero-order chi connectivity index (χ0) is 36.3. The highest BCUT2D eigenvalue weighted by Gasteiger charge is 2.72. The van der Waals surface area contributed by atoms with E-state index < -0.39 is 36.3 Å². The normalized spacial score (nSPS) is 29.7. The van der Waals surface area contributed by atoms with Crippen molar-refractivity contribution in [2.45, 2.75) is 114 Å². The first-order valence-corrected chi connectivity index (χ1v) is 18.4. The Morgan fingerprint density at radius 2 is 1.87 bits per heavy atom. The molecule has 6 aliphatic rings. The average Bonchev–Trinajstić information content (AvgIpc) is 3.63. The molecule has 3 N–H and O–H groups in total. The van der Waals surface area contributed by atoms with Gasteiger partial charge < -0.3 is 30.0 Å². The minimum Gasteiger partial charge on any atom is -0.482 e. The number of hydrogen-bond donors (Lipinski definition) is 2. The van der Waals surface area contributed by atoms with Crippen molar-refractivity contribution in [3.05, 3.63) is 47.3 Å². The molecule has 6 fully saturated rings. The van der Waals surface area contributed by atoms with E-state index in [0.29, 0.717) is 55.1 Å². The number of fused-ring (bicyclic) bond motifs is 4. The van der Waals surface area contributed by atoms with Gasteiger partial charge in [-0.2, -0.15) is 0 Å². The average molecular weight is 720 g/mol. The van der Waals surface area contributed by atoms with E-state index >= 15 is 0 Å². The summed E-state index contributed by atoms with van der Waals surface area (Å²) in [5.74, 6) is 0.692. The Morgan fingerprint density at radius 1 is 1.10 bits per heavy atom. The number of halogens is 3. The Balaban J connectivity index is 1.03. The third-order valence-corrected chi connectivity index (χ3v) is 12.4. The molecule has 14 heteroatoms. The SMILES string of the molecule is COc1cc(C(=O)N2[C@H]3CC[C@@H]2[C@H](N)[C@H](OCC(F)F)C3)cc2nc(-c3cc4ccc([C@@H](C)NC(=O)C56CC(F)(C5)C6)nc4n3CC3CC3)c(C)n12. The van der Waals surface area contributed by atoms with Gasteiger partial charge in [-0.3, -0.25) is 14.0 Å². The standard InChI is InChI=1S/C38H44F3N7O4/c1-19(43-36(50)37-16-38(41,17-37)18-37)25-8-6-22-10-27(46(34(22)44-25)14-21-4-5-21)33-20(2)47-30(45-33)11-23(12-31(47)51-3)35(49)48-24-7-9-26(48)32(42)28(13-24)52-15-29(39)40/h6,8,10-12,19,21,24,26,28-29,32H,4-5,7,9,13-18,42H2,1-3H3,(H,43,50)/t19-,24+,26-,28-,32+,37?,38?/m1/s1. The molecule has 6 heterocycles. The molecule has 4 aliphatic carbocycles. The fourth-order valence-corrected chi connectivity index (χ4v) is 9.48. The summed E-state index contributed by atoms with van der Waals surface area (Å²) in [6.45, 7) is 3.99. The van der Waals surface area contributed by atoms with Crippen molar-refractivity contribution >= 4 is 28.5 Å². The number of carbonyl (C=O) groups excluding carboxylic acids is 2. The van der Waals surface area contributed by atoms with Gasteiger partial charge in [0.25, 0.3) is 12.3 Å². The van der Waals surface area contributed by atoms with E-state index in [1.807, 2.05) is 30.4 Å². The van der Waals surface area contributed by atoms with E-state index in [4.69, 9.17) is 25.2 Å². The van der Waals surface area contributed by atoms with E-state index in [0.717, 1.165) is 59.6 Å². The lowest BCUT2D eigenvalue weighted by Gasteiger charge is -2.64. The molecule has 10 rings (SSSR count). The number of nitrogens with two attached hydrogens (primary N) is 1. The molecule has 4 saturated carbocycles. The van der Waals surface area contributed by atoms with Gasteiger partial charge in [0.15, 0.2) is 5.88 Å². The number of aryl methyl sites for hydroxylation is 1. The second kappa shape index (κ2) is 11.9. The van der Waals surface area contributed by atoms with Gasteiger partial charge in [0.2, 0.25) is 5.91 Å². The van der Waals surface area contributed by atoms with E-state index in [9.17, 15) is 22.8 Å². The van der Waals surface area contributed by atoms with Crippen LogP contribution in [0.4, 0.5) is 13.2 Å². The predicted octanol–water partition coefficient (Wildman–Crippen LogP) is 5.50. The molecule has 4 bridgehead atoms. The Bertz CT molecular complexity index is 2090. The summed E-state index contributed by atoms with van der Waals surface area (Å²) in [5, 5.41) is 4.04. The molecule has 52 heavy (non-hydrogen) atoms. The lowest BCUT2D eigenvalue weighted by Crippen LogP contribution is -2.70. The lowest BCUT2D eigenvalue weighted by atomic mass is 9.42. The molecule has 0 unspecified atom stereocenters. The number of ether oxygens (including phenoxy) is 2. The topological polar surface area (TPSA) is 129 Å². The van der Waals surface area contributed by atoms with Crippen LogP contribution in [0.2, 0.25) is 0 Å². The predicted molar refractivity (Wildman–Crippen MR) is 186 cm³/mol. The highest BCUT2D eigenvalue weighted by Crippen LogP contribution is 2.69. The first kappa shape index (κ1) is 33.7. The van der Waals surface area contributed by atoms with E-state index in [-0.39, 0.29) is 29.9 Å². The van der Waals surface area contributed by atoms with Crippen LogP contribution < -0.4 is 15.8 Å². The summed E-state index contributed by atoms with van der Waals surface area (Å²) in [4.78, 5) is 39.2. The zero-order valence-corrected chi connectivity index (χ0v) is 29.6. The second-order valence-corrected chi connectivity index (χ2v) is 16.0. The molecule has 2 aliphatic heterocycles. The zero-order valence-electron chi connectivity index (χ0n) is 29.6. The van der Waals surface area contributed by atoms with Crippen molar-refractivity contribution in [3.63, 3.8) is 0 Å². The van der Waals surface area contributed by atoms with Gasteiger partial charge in [0, 0.05) is 29.6 Å². The summed E-state index contributed by atoms with van der Waals surface area (Å²) < 4.78 is 55.3. The minimum absolute atomic E-state index is 0.0959. The van der Waals surface area contributed by atoms with Crippen molar-refractivity contribution in [2.24, 2.45) is 17.1 Å². The fourth-order valence-electron chi connectivity index (χ4n) is 9.48. The van der Waals surface area contributed by atoms with E-state index in [2.05, 4.69) is 16.0 Å². The van der Waals surface area contributed by atoms with Crippen LogP contribution >= 0.6 is 0 Å². The van der Waals surface area contributed by atoms with Gasteiger partial charge in [-0.15, -0.1) is 0 Å². The van der Waals surface area contributed by atoms with E-state index in [1.165, 1.54) is 0 Å². The van der Waals surface area contributed by atoms with Crippen LogP contribution in [0.5, 0.6) is 5.88 Å². The Labute approximate surface area is 299 Å². The van der Waals surface area contributed by atoms with Gasteiger partial charge in [-0.05, 0) is 95.4 Å². The number of nitrogens with one attached hydrogen (secondary N) is 1. The van der Waals surface area contributed by atoms with Gasteiger partial charge in [-0.1, -0.05) is 0 Å². The van der Waals surface area contributed by atoms with Crippen LogP contribution in [0.25, 0.3) is 28.1 Å². The lowest BCUT2D eigenvalue weighted by molar-refractivity contribution is -0.214. The van der Waals surface area contributed by atoms with Gasteiger partial charge in [0.05, 0.1) is 53.8 Å². The molecular formula is C38H44F3N7O4. The Kier molecular flexibility index (Phi) is 7.72. The Hall–Kier alpha value is -4.17. The third-order valence-electron chi connectivity index (χ3n) is 12.4. The molecule has 0 radical (unpaired) electrons. The number of nitrogens with zero attached hydrogens (tertiary/aromatic N) is 5. The number of hydrogen-bond acceptors (Lipinski definition) is 7. The number of methoxy groups -OCH3 is 1. The molecule has 2 amide bonds. The summed E-state index contributed by atoms with van der Waals surface area (Å²) in [7, 11) is 1.56. The summed E-state index contributed by atoms with van der Waals surface area (Å²) in [5.41, 5.74) is 9.80. The highest BCUT2D eigenvalue weighted by molar-refractivity contribution is 5.96. The van der Waals surface area contributed by atoms with Crippen LogP contribution in [0.15, 0.2) is 30.3 Å². The summed E-state index contributed by atoms with van der Waals surface area (Å²) in [6, 6.07) is 8.17. The van der Waals surface area contributed by atoms with Gasteiger partial charge in [-0.25, -0.2) is 23.1 Å². The number of alkyl halides is 3. The number of aromatic nitrogens is 4. The van der Waals surface area contributed by atoms with Crippen LogP contribution in [-0.4, -0.2) is 85.7 Å². The van der Waals surface area contributed by atoms with Crippen molar-refractivity contribution < 1.29 is 32.2 Å². The third kappa shape index (κ3) is 5.30. The van der Waals surface area contributed by atoms with Crippen LogP contribution in [-0.2, 0) is 16.1 Å². The molecule has 2 saturated heterocycles. The molecular weight excluding hydrogens is 675 g/mol. The number of piperidine rings is 1. The highest BCUT2D eigenvalue weighted by atomic mass is 19.3. The monoisotopic (exact) mass is 719 g/mol. The fraction of sp³-hybridized carbons (Fsp3) is 0.579.